The average Bonchev–Trinajstić information content (AvgIpc) is 3.17. The second-order valence-corrected chi connectivity index (χ2v) is 18.5. The molecule has 0 spiro atoms. The third-order valence-electron chi connectivity index (χ3n) is 6.63. The molecule has 0 saturated carbocycles. The van der Waals surface area contributed by atoms with Crippen LogP contribution in [0.15, 0.2) is 11.6 Å². The predicted molar refractivity (Wildman–Crippen MR) is 149 cm³/mol. The molecular weight excluding hydrogens is 493 g/mol. The van der Waals surface area contributed by atoms with Gasteiger partial charge in [0.15, 0.2) is 0 Å². The maximum absolute atomic E-state index is 12.7. The fourth-order valence-electron chi connectivity index (χ4n) is 4.20. The summed E-state index contributed by atoms with van der Waals surface area (Å²) in [6.45, 7) is 18.8. The van der Waals surface area contributed by atoms with Gasteiger partial charge in [-0.15, -0.1) is 0 Å². The van der Waals surface area contributed by atoms with E-state index in [2.05, 4.69) is 44.9 Å². The van der Waals surface area contributed by atoms with Gasteiger partial charge >= 0.3 is 13.6 Å². The number of fused-ring (bicyclic) bond motifs is 1. The molecule has 1 heterocycles. The lowest BCUT2D eigenvalue weighted by Crippen LogP contribution is -2.23. The number of hydrogen-bond donors (Lipinski definition) is 2. The molecule has 1 aromatic carbocycles. The third kappa shape index (κ3) is 8.84. The SMILES string of the molecule is CCc1c(C)c2c(c(OCC[Si](C)(C)C)c1CC=C(C)CNCCP(=O)(O)OC(C)CC)C(=O)OC2. The van der Waals surface area contributed by atoms with Crippen molar-refractivity contribution in [3.8, 4) is 5.75 Å². The van der Waals surface area contributed by atoms with Crippen LogP contribution in [0.5, 0.6) is 5.75 Å². The summed E-state index contributed by atoms with van der Waals surface area (Å²) < 4.78 is 29.2. The van der Waals surface area contributed by atoms with Gasteiger partial charge in [-0.05, 0) is 57.2 Å². The van der Waals surface area contributed by atoms with E-state index in [-0.39, 0.29) is 18.2 Å². The standard InChI is InChI=1S/C27H46NO6PSi/c1-9-20(4)34-35(30,31)15-13-28-17-19(3)11-12-23-22(10-2)21(5)24-18-33-27(29)25(24)26(23)32-14-16-36(6,7)8/h11,20,28H,9-10,12-18H2,1-8H3,(H,30,31). The second-order valence-electron chi connectivity index (χ2n) is 11.0. The van der Waals surface area contributed by atoms with Crippen LogP contribution >= 0.6 is 7.60 Å². The largest absolute Gasteiger partial charge is 0.493 e. The first-order valence-electron chi connectivity index (χ1n) is 13.1. The molecule has 1 aromatic rings. The minimum atomic E-state index is -3.59. The Hall–Kier alpha value is -1.44. The maximum atomic E-state index is 12.7. The van der Waals surface area contributed by atoms with E-state index in [0.717, 1.165) is 34.7 Å². The highest BCUT2D eigenvalue weighted by molar-refractivity contribution is 7.52. The number of benzene rings is 1. The molecule has 2 N–H and O–H groups in total. The average molecular weight is 540 g/mol. The highest BCUT2D eigenvalue weighted by atomic mass is 31.2. The van der Waals surface area contributed by atoms with Crippen molar-refractivity contribution < 1.29 is 28.3 Å². The smallest absolute Gasteiger partial charge is 0.342 e. The lowest BCUT2D eigenvalue weighted by molar-refractivity contribution is 0.0532. The van der Waals surface area contributed by atoms with Crippen LogP contribution in [0.25, 0.3) is 0 Å². The summed E-state index contributed by atoms with van der Waals surface area (Å²) in [7, 11) is -4.88. The van der Waals surface area contributed by atoms with Crippen molar-refractivity contribution in [1.82, 2.24) is 5.32 Å². The number of esters is 1. The molecule has 2 unspecified atom stereocenters. The van der Waals surface area contributed by atoms with E-state index in [9.17, 15) is 14.3 Å². The van der Waals surface area contributed by atoms with Crippen LogP contribution in [-0.4, -0.2) is 50.9 Å². The highest BCUT2D eigenvalue weighted by Crippen LogP contribution is 2.43. The van der Waals surface area contributed by atoms with Crippen molar-refractivity contribution in [3.63, 3.8) is 0 Å². The number of allylic oxidation sites excluding steroid dienone is 1. The zero-order valence-corrected chi connectivity index (χ0v) is 25.3. The van der Waals surface area contributed by atoms with Gasteiger partial charge in [0.2, 0.25) is 0 Å². The summed E-state index contributed by atoms with van der Waals surface area (Å²) in [4.78, 5) is 22.7. The molecule has 0 radical (unpaired) electrons. The number of ether oxygens (including phenoxy) is 2. The fourth-order valence-corrected chi connectivity index (χ4v) is 6.17. The molecule has 204 valence electrons. The van der Waals surface area contributed by atoms with Crippen LogP contribution in [0.1, 0.15) is 66.7 Å². The summed E-state index contributed by atoms with van der Waals surface area (Å²) >= 11 is 0. The molecule has 2 atom stereocenters. The van der Waals surface area contributed by atoms with Crippen molar-refractivity contribution in [1.29, 1.82) is 0 Å². The molecule has 0 aliphatic carbocycles. The van der Waals surface area contributed by atoms with Crippen LogP contribution < -0.4 is 10.1 Å². The Balaban J connectivity index is 2.16. The summed E-state index contributed by atoms with van der Waals surface area (Å²) in [5, 5.41) is 3.24. The summed E-state index contributed by atoms with van der Waals surface area (Å²) in [5.41, 5.74) is 6.06. The molecule has 36 heavy (non-hydrogen) atoms. The molecule has 0 fully saturated rings. The van der Waals surface area contributed by atoms with Crippen molar-refractivity contribution in [2.24, 2.45) is 0 Å². The van der Waals surface area contributed by atoms with Crippen LogP contribution in [0.3, 0.4) is 0 Å². The predicted octanol–water partition coefficient (Wildman–Crippen LogP) is 6.02. The van der Waals surface area contributed by atoms with Gasteiger partial charge in [-0.3, -0.25) is 4.57 Å². The van der Waals surface area contributed by atoms with Gasteiger partial charge in [-0.25, -0.2) is 4.79 Å². The Bertz CT molecular complexity index is 1000. The Morgan fingerprint density at radius 2 is 1.97 bits per heavy atom. The Kier molecular flexibility index (Phi) is 11.4. The highest BCUT2D eigenvalue weighted by Gasteiger charge is 2.32. The topological polar surface area (TPSA) is 94.1 Å². The monoisotopic (exact) mass is 539 g/mol. The number of carbonyl (C=O) groups excluding carboxylic acids is 1. The Labute approximate surface area is 218 Å². The zero-order chi connectivity index (χ0) is 27.1. The van der Waals surface area contributed by atoms with Crippen LogP contribution in [-0.2, 0) is 33.3 Å². The van der Waals surface area contributed by atoms with E-state index in [0.29, 0.717) is 50.5 Å². The quantitative estimate of drug-likeness (QED) is 0.0925. The van der Waals surface area contributed by atoms with E-state index in [1.807, 2.05) is 13.8 Å². The number of carbonyl (C=O) groups is 1. The number of nitrogens with one attached hydrogen (secondary N) is 1. The minimum absolute atomic E-state index is 0.0752. The van der Waals surface area contributed by atoms with Crippen molar-refractivity contribution in [2.75, 3.05) is 25.9 Å². The molecule has 2 rings (SSSR count). The Morgan fingerprint density at radius 1 is 1.28 bits per heavy atom. The van der Waals surface area contributed by atoms with Gasteiger partial charge in [0.25, 0.3) is 0 Å². The molecule has 0 amide bonds. The molecule has 7 nitrogen and oxygen atoms in total. The summed E-state index contributed by atoms with van der Waals surface area (Å²) in [6, 6.07) is 1.01. The van der Waals surface area contributed by atoms with E-state index < -0.39 is 15.7 Å². The van der Waals surface area contributed by atoms with Crippen molar-refractivity contribution in [2.45, 2.75) is 92.3 Å². The van der Waals surface area contributed by atoms with Crippen LogP contribution in [0.2, 0.25) is 25.7 Å². The molecule has 1 aliphatic heterocycles. The van der Waals surface area contributed by atoms with E-state index >= 15 is 0 Å². The molecule has 0 aromatic heterocycles. The number of hydrogen-bond acceptors (Lipinski definition) is 6. The molecular formula is C27H46NO6PSi. The van der Waals surface area contributed by atoms with Gasteiger partial charge in [-0.2, -0.15) is 0 Å². The van der Waals surface area contributed by atoms with Gasteiger partial charge in [0, 0.05) is 32.3 Å². The normalized spacial score (nSPS) is 16.5. The first-order valence-corrected chi connectivity index (χ1v) is 18.6. The van der Waals surface area contributed by atoms with E-state index in [1.165, 1.54) is 5.56 Å². The number of cyclic esters (lactones) is 1. The first-order chi connectivity index (χ1) is 16.8. The molecule has 1 aliphatic rings. The summed E-state index contributed by atoms with van der Waals surface area (Å²) in [5.74, 6) is 0.393. The van der Waals surface area contributed by atoms with Crippen molar-refractivity contribution in [3.05, 3.63) is 39.5 Å². The molecule has 0 bridgehead atoms. The zero-order valence-electron chi connectivity index (χ0n) is 23.5. The van der Waals surface area contributed by atoms with Crippen LogP contribution in [0, 0.1) is 6.92 Å². The van der Waals surface area contributed by atoms with E-state index in [1.54, 1.807) is 6.92 Å². The number of rotatable bonds is 15. The van der Waals surface area contributed by atoms with Gasteiger partial charge in [0.05, 0.1) is 18.9 Å². The van der Waals surface area contributed by atoms with Crippen LogP contribution in [0.4, 0.5) is 0 Å². The molecule has 0 saturated heterocycles. The Morgan fingerprint density at radius 3 is 2.58 bits per heavy atom. The summed E-state index contributed by atoms with van der Waals surface area (Å²) in [6.07, 6.45) is 4.18. The lowest BCUT2D eigenvalue weighted by Gasteiger charge is -2.22. The van der Waals surface area contributed by atoms with Gasteiger partial charge in [-0.1, -0.05) is 45.1 Å². The van der Waals surface area contributed by atoms with Gasteiger partial charge in [0.1, 0.15) is 17.9 Å². The van der Waals surface area contributed by atoms with Gasteiger partial charge < -0.3 is 24.2 Å². The lowest BCUT2D eigenvalue weighted by atomic mass is 9.89. The van der Waals surface area contributed by atoms with Crippen molar-refractivity contribution >= 4 is 21.6 Å². The minimum Gasteiger partial charge on any atom is -0.493 e. The second kappa shape index (κ2) is 13.4. The maximum Gasteiger partial charge on any atom is 0.342 e. The third-order valence-corrected chi connectivity index (χ3v) is 9.81. The molecule has 9 heteroatoms. The fraction of sp³-hybridized carbons (Fsp3) is 0.667. The first kappa shape index (κ1) is 30.8. The van der Waals surface area contributed by atoms with E-state index in [4.69, 9.17) is 14.0 Å².